The van der Waals surface area contributed by atoms with Crippen LogP contribution in [0.2, 0.25) is 0 Å². The summed E-state index contributed by atoms with van der Waals surface area (Å²) in [4.78, 5) is 13.4. The van der Waals surface area contributed by atoms with Gasteiger partial charge in [-0.1, -0.05) is 20.8 Å². The van der Waals surface area contributed by atoms with Crippen LogP contribution in [0.3, 0.4) is 0 Å². The molecule has 0 aliphatic heterocycles. The predicted molar refractivity (Wildman–Crippen MR) is 60.3 cm³/mol. The molecule has 0 rings (SSSR count). The van der Waals surface area contributed by atoms with Crippen molar-refractivity contribution in [3.63, 3.8) is 0 Å². The third kappa shape index (κ3) is 6.78. The second-order valence-corrected chi connectivity index (χ2v) is 3.98. The highest BCUT2D eigenvalue weighted by Gasteiger charge is 2.13. The standard InChI is InChI=1S/C11H21N3O/c1-4-7-13-11(15)14(8-5-6-12)9-10(2)3/h10H,4-5,7-9H2,1-3H3,(H,13,15). The van der Waals surface area contributed by atoms with Crippen molar-refractivity contribution >= 4 is 6.03 Å². The third-order valence-electron chi connectivity index (χ3n) is 1.89. The van der Waals surface area contributed by atoms with Gasteiger partial charge in [-0.3, -0.25) is 0 Å². The average molecular weight is 211 g/mol. The Labute approximate surface area is 92.3 Å². The van der Waals surface area contributed by atoms with Crippen molar-refractivity contribution in [3.8, 4) is 6.07 Å². The van der Waals surface area contributed by atoms with Gasteiger partial charge in [0.1, 0.15) is 0 Å². The molecule has 0 aromatic heterocycles. The number of nitrogens with zero attached hydrogens (tertiary/aromatic N) is 2. The minimum Gasteiger partial charge on any atom is -0.338 e. The van der Waals surface area contributed by atoms with Crippen LogP contribution in [0.1, 0.15) is 33.6 Å². The second-order valence-electron chi connectivity index (χ2n) is 3.98. The maximum Gasteiger partial charge on any atom is 0.317 e. The minimum absolute atomic E-state index is 0.0548. The Hall–Kier alpha value is -1.24. The van der Waals surface area contributed by atoms with E-state index in [4.69, 9.17) is 5.26 Å². The molecule has 0 bridgehead atoms. The van der Waals surface area contributed by atoms with Crippen LogP contribution in [0, 0.1) is 17.2 Å². The van der Waals surface area contributed by atoms with Crippen LogP contribution in [0.25, 0.3) is 0 Å². The van der Waals surface area contributed by atoms with E-state index in [0.29, 0.717) is 32.0 Å². The number of hydrogen-bond acceptors (Lipinski definition) is 2. The summed E-state index contributed by atoms with van der Waals surface area (Å²) in [5.74, 6) is 0.427. The van der Waals surface area contributed by atoms with Gasteiger partial charge in [-0.05, 0) is 12.3 Å². The van der Waals surface area contributed by atoms with E-state index in [1.165, 1.54) is 0 Å². The van der Waals surface area contributed by atoms with E-state index in [2.05, 4.69) is 25.2 Å². The van der Waals surface area contributed by atoms with E-state index in [1.807, 2.05) is 6.92 Å². The van der Waals surface area contributed by atoms with Crippen molar-refractivity contribution in [2.75, 3.05) is 19.6 Å². The maximum absolute atomic E-state index is 11.6. The zero-order valence-corrected chi connectivity index (χ0v) is 9.92. The summed E-state index contributed by atoms with van der Waals surface area (Å²) < 4.78 is 0. The second kappa shape index (κ2) is 8.10. The smallest absolute Gasteiger partial charge is 0.317 e. The van der Waals surface area contributed by atoms with Crippen molar-refractivity contribution in [2.45, 2.75) is 33.6 Å². The maximum atomic E-state index is 11.6. The van der Waals surface area contributed by atoms with Gasteiger partial charge in [-0.2, -0.15) is 5.26 Å². The largest absolute Gasteiger partial charge is 0.338 e. The van der Waals surface area contributed by atoms with E-state index < -0.39 is 0 Å². The Kier molecular flexibility index (Phi) is 7.43. The lowest BCUT2D eigenvalue weighted by atomic mass is 10.2. The Bertz CT molecular complexity index is 220. The molecule has 4 heteroatoms. The lowest BCUT2D eigenvalue weighted by Crippen LogP contribution is -2.42. The fourth-order valence-corrected chi connectivity index (χ4v) is 1.25. The van der Waals surface area contributed by atoms with Crippen molar-refractivity contribution in [1.82, 2.24) is 10.2 Å². The molecule has 1 N–H and O–H groups in total. The number of rotatable bonds is 6. The summed E-state index contributed by atoms with van der Waals surface area (Å²) in [5, 5.41) is 11.3. The first-order chi connectivity index (χ1) is 7.11. The summed E-state index contributed by atoms with van der Waals surface area (Å²) in [6, 6.07) is 2.01. The molecule has 0 radical (unpaired) electrons. The molecule has 0 aromatic carbocycles. The Morgan fingerprint density at radius 3 is 2.67 bits per heavy atom. The van der Waals surface area contributed by atoms with Crippen LogP contribution in [-0.2, 0) is 0 Å². The van der Waals surface area contributed by atoms with E-state index in [1.54, 1.807) is 4.90 Å². The normalized spacial score (nSPS) is 9.80. The fourth-order valence-electron chi connectivity index (χ4n) is 1.25. The Morgan fingerprint density at radius 2 is 2.20 bits per heavy atom. The first-order valence-corrected chi connectivity index (χ1v) is 5.51. The topological polar surface area (TPSA) is 56.1 Å². The molecule has 0 aromatic rings. The van der Waals surface area contributed by atoms with Crippen molar-refractivity contribution in [2.24, 2.45) is 5.92 Å². The summed E-state index contributed by atoms with van der Waals surface area (Å²) in [6.07, 6.45) is 1.33. The Morgan fingerprint density at radius 1 is 1.53 bits per heavy atom. The molecule has 2 amide bonds. The summed E-state index contributed by atoms with van der Waals surface area (Å²) in [6.45, 7) is 8.06. The van der Waals surface area contributed by atoms with E-state index in [9.17, 15) is 4.79 Å². The van der Waals surface area contributed by atoms with Crippen molar-refractivity contribution in [3.05, 3.63) is 0 Å². The SMILES string of the molecule is CCCNC(=O)N(CCC#N)CC(C)C. The number of amides is 2. The summed E-state index contributed by atoms with van der Waals surface area (Å²) in [5.41, 5.74) is 0. The number of nitrogens with one attached hydrogen (secondary N) is 1. The molecule has 0 aliphatic carbocycles. The molecule has 0 unspecified atom stereocenters. The number of urea groups is 1. The van der Waals surface area contributed by atoms with Gasteiger partial charge in [0.25, 0.3) is 0 Å². The molecule has 0 saturated heterocycles. The Balaban J connectivity index is 4.09. The van der Waals surface area contributed by atoms with Gasteiger partial charge in [-0.25, -0.2) is 4.79 Å². The monoisotopic (exact) mass is 211 g/mol. The summed E-state index contributed by atoms with van der Waals surface area (Å²) in [7, 11) is 0. The highest BCUT2D eigenvalue weighted by Crippen LogP contribution is 2.00. The van der Waals surface area contributed by atoms with Gasteiger partial charge < -0.3 is 10.2 Å². The van der Waals surface area contributed by atoms with E-state index in [0.717, 1.165) is 6.42 Å². The predicted octanol–water partition coefficient (Wildman–Crippen LogP) is 1.98. The molecular weight excluding hydrogens is 190 g/mol. The molecule has 4 nitrogen and oxygen atoms in total. The number of carbonyl (C=O) groups excluding carboxylic acids is 1. The number of carbonyl (C=O) groups is 1. The van der Waals surface area contributed by atoms with Crippen LogP contribution in [0.5, 0.6) is 0 Å². The molecule has 0 heterocycles. The van der Waals surface area contributed by atoms with Crippen LogP contribution in [0.15, 0.2) is 0 Å². The van der Waals surface area contributed by atoms with Gasteiger partial charge >= 0.3 is 6.03 Å². The molecule has 0 fully saturated rings. The minimum atomic E-state index is -0.0548. The van der Waals surface area contributed by atoms with Crippen molar-refractivity contribution < 1.29 is 4.79 Å². The highest BCUT2D eigenvalue weighted by atomic mass is 16.2. The van der Waals surface area contributed by atoms with Gasteiger partial charge in [0, 0.05) is 19.6 Å². The first-order valence-electron chi connectivity index (χ1n) is 5.51. The third-order valence-corrected chi connectivity index (χ3v) is 1.89. The lowest BCUT2D eigenvalue weighted by Gasteiger charge is -2.23. The van der Waals surface area contributed by atoms with E-state index >= 15 is 0 Å². The van der Waals surface area contributed by atoms with Crippen LogP contribution >= 0.6 is 0 Å². The molecule has 15 heavy (non-hydrogen) atoms. The average Bonchev–Trinajstić information content (AvgIpc) is 2.20. The van der Waals surface area contributed by atoms with Crippen molar-refractivity contribution in [1.29, 1.82) is 5.26 Å². The quantitative estimate of drug-likeness (QED) is 0.730. The molecule has 0 aliphatic rings. The van der Waals surface area contributed by atoms with Gasteiger partial charge in [0.15, 0.2) is 0 Å². The summed E-state index contributed by atoms with van der Waals surface area (Å²) >= 11 is 0. The van der Waals surface area contributed by atoms with Gasteiger partial charge in [0.2, 0.25) is 0 Å². The first kappa shape index (κ1) is 13.8. The van der Waals surface area contributed by atoms with Crippen LogP contribution in [-0.4, -0.2) is 30.6 Å². The molecule has 0 atom stereocenters. The van der Waals surface area contributed by atoms with E-state index in [-0.39, 0.29) is 6.03 Å². The molecule has 0 spiro atoms. The molecule has 86 valence electrons. The number of nitriles is 1. The number of hydrogen-bond donors (Lipinski definition) is 1. The van der Waals surface area contributed by atoms with Crippen LogP contribution < -0.4 is 5.32 Å². The molecule has 0 saturated carbocycles. The lowest BCUT2D eigenvalue weighted by molar-refractivity contribution is 0.192. The van der Waals surface area contributed by atoms with Gasteiger partial charge in [0.05, 0.1) is 12.5 Å². The zero-order valence-electron chi connectivity index (χ0n) is 9.92. The van der Waals surface area contributed by atoms with Crippen LogP contribution in [0.4, 0.5) is 4.79 Å². The zero-order chi connectivity index (χ0) is 11.7. The highest BCUT2D eigenvalue weighted by molar-refractivity contribution is 5.74. The molecular formula is C11H21N3O. The fraction of sp³-hybridized carbons (Fsp3) is 0.818. The van der Waals surface area contributed by atoms with Gasteiger partial charge in [-0.15, -0.1) is 0 Å².